The van der Waals surface area contributed by atoms with Gasteiger partial charge in [-0.15, -0.1) is 0 Å². The van der Waals surface area contributed by atoms with E-state index >= 15 is 0 Å². The molecule has 1 saturated heterocycles. The van der Waals surface area contributed by atoms with Crippen LogP contribution in [0.15, 0.2) is 59.5 Å². The lowest BCUT2D eigenvalue weighted by Gasteiger charge is -2.34. The smallest absolute Gasteiger partial charge is 0.319 e. The summed E-state index contributed by atoms with van der Waals surface area (Å²) in [4.78, 5) is 24.1. The number of urea groups is 1. The fourth-order valence-electron chi connectivity index (χ4n) is 5.00. The Morgan fingerprint density at radius 3 is 2.45 bits per heavy atom. The van der Waals surface area contributed by atoms with E-state index in [2.05, 4.69) is 15.5 Å². The van der Waals surface area contributed by atoms with Crippen LogP contribution < -0.4 is 15.5 Å². The number of hydrogen-bond acceptors (Lipinski definition) is 8. The zero-order valence-corrected chi connectivity index (χ0v) is 22.9. The van der Waals surface area contributed by atoms with Crippen molar-refractivity contribution in [1.82, 2.24) is 15.3 Å². The van der Waals surface area contributed by atoms with Gasteiger partial charge in [-0.1, -0.05) is 0 Å². The van der Waals surface area contributed by atoms with Crippen molar-refractivity contribution >= 4 is 27.4 Å². The van der Waals surface area contributed by atoms with E-state index in [4.69, 9.17) is 20.0 Å². The van der Waals surface area contributed by atoms with E-state index in [9.17, 15) is 13.2 Å². The highest BCUT2D eigenvalue weighted by Crippen LogP contribution is 2.55. The predicted octanol–water partition coefficient (Wildman–Crippen LogP) is 3.99. The van der Waals surface area contributed by atoms with Gasteiger partial charge in [0, 0.05) is 29.9 Å². The van der Waals surface area contributed by atoms with Gasteiger partial charge in [-0.25, -0.2) is 23.2 Å². The molecule has 2 saturated carbocycles. The summed E-state index contributed by atoms with van der Waals surface area (Å²) in [5.74, 6) is 1.07. The normalized spacial score (nSPS) is 19.9. The van der Waals surface area contributed by atoms with Crippen LogP contribution in [-0.4, -0.2) is 56.3 Å². The number of anilines is 2. The number of nitriles is 1. The molecule has 3 aromatic rings. The highest BCUT2D eigenvalue weighted by molar-refractivity contribution is 7.92. The lowest BCUT2D eigenvalue weighted by atomic mass is 10.1. The first kappa shape index (κ1) is 26.2. The molecule has 2 aromatic carbocycles. The van der Waals surface area contributed by atoms with Crippen LogP contribution >= 0.6 is 0 Å². The molecule has 3 aliphatic rings. The Morgan fingerprint density at radius 2 is 1.82 bits per heavy atom. The van der Waals surface area contributed by atoms with Crippen LogP contribution in [0.3, 0.4) is 0 Å². The van der Waals surface area contributed by atoms with Crippen molar-refractivity contribution in [3.8, 4) is 17.5 Å². The lowest BCUT2D eigenvalue weighted by Crippen LogP contribution is -2.44. The molecule has 1 aliphatic heterocycles. The molecule has 206 valence electrons. The molecule has 1 atom stereocenters. The Labute approximate surface area is 233 Å². The second kappa shape index (κ2) is 10.2. The summed E-state index contributed by atoms with van der Waals surface area (Å²) in [6.45, 7) is 3.78. The molecule has 3 fully saturated rings. The molecule has 2 aliphatic carbocycles. The lowest BCUT2D eigenvalue weighted by molar-refractivity contribution is 0.0985. The molecule has 1 aromatic heterocycles. The first-order valence-electron chi connectivity index (χ1n) is 13.5. The number of carbonyl (C=O) groups is 1. The predicted molar refractivity (Wildman–Crippen MR) is 150 cm³/mol. The van der Waals surface area contributed by atoms with Gasteiger partial charge in [0.25, 0.3) is 0 Å². The minimum atomic E-state index is -3.79. The fourth-order valence-corrected chi connectivity index (χ4v) is 6.97. The summed E-state index contributed by atoms with van der Waals surface area (Å²) in [7, 11) is -3.79. The molecule has 6 rings (SSSR count). The standard InChI is InChI=1S/C29H30N6O4S/c1-19-18-39-15-14-35(19)26-16-25(29(12-13-29)40(37,38)24-10-2-20(17-30)3-11-24)33-27(34-26)21-4-6-22(7-5-21)31-28(36)32-23-8-9-23/h2-7,10-11,16,19,23H,8-9,12-15,18H2,1H3,(H2,31,32,36)/t19-/m0/s1. The molecule has 40 heavy (non-hydrogen) atoms. The molecule has 2 amide bonds. The average Bonchev–Trinajstić information content (AvgIpc) is 3.89. The summed E-state index contributed by atoms with van der Waals surface area (Å²) in [6, 6.07) is 17.2. The molecule has 2 heterocycles. The average molecular weight is 559 g/mol. The number of nitrogens with one attached hydrogen (secondary N) is 2. The van der Waals surface area contributed by atoms with E-state index in [1.807, 2.05) is 25.1 Å². The van der Waals surface area contributed by atoms with Crippen molar-refractivity contribution in [1.29, 1.82) is 5.26 Å². The van der Waals surface area contributed by atoms with Crippen molar-refractivity contribution < 1.29 is 17.9 Å². The van der Waals surface area contributed by atoms with Gasteiger partial charge in [-0.3, -0.25) is 0 Å². The second-order valence-corrected chi connectivity index (χ2v) is 12.9. The number of benzene rings is 2. The number of morpholine rings is 1. The van der Waals surface area contributed by atoms with Crippen LogP contribution in [0.2, 0.25) is 0 Å². The Hall–Kier alpha value is -4.01. The Kier molecular flexibility index (Phi) is 6.68. The van der Waals surface area contributed by atoms with Crippen LogP contribution in [0, 0.1) is 11.3 Å². The van der Waals surface area contributed by atoms with E-state index in [0.717, 1.165) is 12.8 Å². The maximum atomic E-state index is 13.9. The Morgan fingerprint density at radius 1 is 1.10 bits per heavy atom. The van der Waals surface area contributed by atoms with E-state index in [1.165, 1.54) is 24.3 Å². The van der Waals surface area contributed by atoms with Crippen LogP contribution in [0.25, 0.3) is 11.4 Å². The van der Waals surface area contributed by atoms with E-state index in [0.29, 0.717) is 66.8 Å². The number of nitrogens with zero attached hydrogens (tertiary/aromatic N) is 4. The van der Waals surface area contributed by atoms with Gasteiger partial charge in [0.2, 0.25) is 0 Å². The molecule has 0 unspecified atom stereocenters. The molecule has 11 heteroatoms. The third-order valence-electron chi connectivity index (χ3n) is 7.67. The summed E-state index contributed by atoms with van der Waals surface area (Å²) in [5, 5.41) is 14.9. The minimum absolute atomic E-state index is 0.0613. The molecule has 0 spiro atoms. The molecule has 2 N–H and O–H groups in total. The summed E-state index contributed by atoms with van der Waals surface area (Å²) in [6.07, 6.45) is 2.91. The summed E-state index contributed by atoms with van der Waals surface area (Å²) < 4.78 is 32.3. The quantitative estimate of drug-likeness (QED) is 0.444. The van der Waals surface area contributed by atoms with Gasteiger partial charge in [0.05, 0.1) is 41.5 Å². The van der Waals surface area contributed by atoms with Crippen LogP contribution in [0.4, 0.5) is 16.3 Å². The third-order valence-corrected chi connectivity index (χ3v) is 10.2. The first-order chi connectivity index (χ1) is 19.3. The summed E-state index contributed by atoms with van der Waals surface area (Å²) in [5.41, 5.74) is 2.21. The van der Waals surface area contributed by atoms with E-state index in [-0.39, 0.29) is 23.0 Å². The van der Waals surface area contributed by atoms with Gasteiger partial charge < -0.3 is 20.3 Å². The number of aromatic nitrogens is 2. The number of amides is 2. The second-order valence-electron chi connectivity index (χ2n) is 10.6. The monoisotopic (exact) mass is 558 g/mol. The zero-order chi connectivity index (χ0) is 27.9. The maximum Gasteiger partial charge on any atom is 0.319 e. The van der Waals surface area contributed by atoms with Gasteiger partial charge in [-0.05, 0) is 81.1 Å². The van der Waals surface area contributed by atoms with Crippen LogP contribution in [0.5, 0.6) is 0 Å². The van der Waals surface area contributed by atoms with Gasteiger partial charge in [0.15, 0.2) is 15.7 Å². The highest BCUT2D eigenvalue weighted by atomic mass is 32.2. The molecular formula is C29H30N6O4S. The molecule has 0 bridgehead atoms. The third kappa shape index (κ3) is 5.00. The van der Waals surface area contributed by atoms with Crippen molar-refractivity contribution in [2.45, 2.75) is 54.3 Å². The SMILES string of the molecule is C[C@H]1COCCN1c1cc(C2(S(=O)(=O)c3ccc(C#N)cc3)CC2)nc(-c2ccc(NC(=O)NC3CC3)cc2)n1. The van der Waals surface area contributed by atoms with Crippen molar-refractivity contribution in [3.05, 3.63) is 65.9 Å². The van der Waals surface area contributed by atoms with E-state index < -0.39 is 14.6 Å². The topological polar surface area (TPSA) is 137 Å². The van der Waals surface area contributed by atoms with Crippen LogP contribution in [-0.2, 0) is 19.3 Å². The molecular weight excluding hydrogens is 528 g/mol. The molecule has 10 nitrogen and oxygen atoms in total. The number of carbonyl (C=O) groups excluding carboxylic acids is 1. The number of ether oxygens (including phenoxy) is 1. The van der Waals surface area contributed by atoms with Crippen molar-refractivity contribution in [2.24, 2.45) is 0 Å². The highest BCUT2D eigenvalue weighted by Gasteiger charge is 2.58. The molecule has 0 radical (unpaired) electrons. The van der Waals surface area contributed by atoms with Gasteiger partial charge >= 0.3 is 6.03 Å². The number of rotatable bonds is 7. The summed E-state index contributed by atoms with van der Waals surface area (Å²) >= 11 is 0. The zero-order valence-electron chi connectivity index (χ0n) is 22.1. The van der Waals surface area contributed by atoms with Crippen LogP contribution in [0.1, 0.15) is 43.9 Å². The van der Waals surface area contributed by atoms with Crippen molar-refractivity contribution in [2.75, 3.05) is 30.0 Å². The largest absolute Gasteiger partial charge is 0.377 e. The first-order valence-corrected chi connectivity index (χ1v) is 14.9. The van der Waals surface area contributed by atoms with E-state index in [1.54, 1.807) is 18.2 Å². The minimum Gasteiger partial charge on any atom is -0.377 e. The maximum absolute atomic E-state index is 13.9. The van der Waals surface area contributed by atoms with Crippen molar-refractivity contribution in [3.63, 3.8) is 0 Å². The fraction of sp³-hybridized carbons (Fsp3) is 0.379. The van der Waals surface area contributed by atoms with Gasteiger partial charge in [-0.2, -0.15) is 5.26 Å². The van der Waals surface area contributed by atoms with Gasteiger partial charge in [0.1, 0.15) is 10.6 Å². The number of hydrogen-bond donors (Lipinski definition) is 2. The number of sulfone groups is 1. The Bertz CT molecular complexity index is 1580. The Balaban J connectivity index is 1.37.